The van der Waals surface area contributed by atoms with Crippen LogP contribution in [0.2, 0.25) is 0 Å². The first kappa shape index (κ1) is 14.7. The number of thiazole rings is 1. The maximum absolute atomic E-state index is 12.5. The van der Waals surface area contributed by atoms with Crippen molar-refractivity contribution in [3.05, 3.63) is 41.4 Å². The van der Waals surface area contributed by atoms with Crippen molar-refractivity contribution in [2.24, 2.45) is 0 Å². The summed E-state index contributed by atoms with van der Waals surface area (Å²) >= 11 is 1.47. The molecule has 0 fully saturated rings. The standard InChI is InChI=1S/C16H20N2OS/c1-3-10-18(11-4-2)16(19)14-12-17-15(20-14)13-8-6-5-7-9-13/h5-9,12H,3-4,10-11H2,1-2H3. The zero-order valence-corrected chi connectivity index (χ0v) is 12.8. The summed E-state index contributed by atoms with van der Waals surface area (Å²) in [5, 5.41) is 0.905. The fourth-order valence-electron chi connectivity index (χ4n) is 2.10. The third-order valence-electron chi connectivity index (χ3n) is 3.01. The zero-order chi connectivity index (χ0) is 14.4. The van der Waals surface area contributed by atoms with Gasteiger partial charge in [0.05, 0.1) is 6.20 Å². The highest BCUT2D eigenvalue weighted by Crippen LogP contribution is 2.25. The van der Waals surface area contributed by atoms with Gasteiger partial charge in [0.1, 0.15) is 9.88 Å². The lowest BCUT2D eigenvalue weighted by Crippen LogP contribution is -2.31. The van der Waals surface area contributed by atoms with Gasteiger partial charge in [0.2, 0.25) is 0 Å². The lowest BCUT2D eigenvalue weighted by atomic mass is 10.2. The fourth-order valence-corrected chi connectivity index (χ4v) is 2.99. The minimum Gasteiger partial charge on any atom is -0.338 e. The van der Waals surface area contributed by atoms with Gasteiger partial charge in [0.15, 0.2) is 0 Å². The van der Waals surface area contributed by atoms with Crippen LogP contribution in [-0.4, -0.2) is 28.9 Å². The van der Waals surface area contributed by atoms with E-state index in [-0.39, 0.29) is 5.91 Å². The van der Waals surface area contributed by atoms with Gasteiger partial charge < -0.3 is 4.90 Å². The number of aromatic nitrogens is 1. The van der Waals surface area contributed by atoms with Crippen molar-refractivity contribution in [2.45, 2.75) is 26.7 Å². The molecule has 3 nitrogen and oxygen atoms in total. The van der Waals surface area contributed by atoms with Gasteiger partial charge in [0.25, 0.3) is 5.91 Å². The molecule has 0 unspecified atom stereocenters. The molecule has 0 saturated carbocycles. The van der Waals surface area contributed by atoms with E-state index in [2.05, 4.69) is 18.8 Å². The van der Waals surface area contributed by atoms with Gasteiger partial charge in [0, 0.05) is 18.7 Å². The van der Waals surface area contributed by atoms with Gasteiger partial charge in [-0.05, 0) is 12.8 Å². The molecule has 0 saturated heterocycles. The molecule has 0 aliphatic carbocycles. The minimum absolute atomic E-state index is 0.105. The summed E-state index contributed by atoms with van der Waals surface area (Å²) in [4.78, 5) is 19.5. The second kappa shape index (κ2) is 7.20. The van der Waals surface area contributed by atoms with E-state index >= 15 is 0 Å². The van der Waals surface area contributed by atoms with E-state index in [1.165, 1.54) is 11.3 Å². The van der Waals surface area contributed by atoms with Crippen molar-refractivity contribution in [1.29, 1.82) is 0 Å². The van der Waals surface area contributed by atoms with Gasteiger partial charge in [-0.2, -0.15) is 0 Å². The average molecular weight is 288 g/mol. The highest BCUT2D eigenvalue weighted by molar-refractivity contribution is 7.16. The molecular weight excluding hydrogens is 268 g/mol. The Hall–Kier alpha value is -1.68. The SMILES string of the molecule is CCCN(CCC)C(=O)c1cnc(-c2ccccc2)s1. The monoisotopic (exact) mass is 288 g/mol. The topological polar surface area (TPSA) is 33.2 Å². The molecule has 1 aromatic heterocycles. The van der Waals surface area contributed by atoms with Crippen LogP contribution < -0.4 is 0 Å². The summed E-state index contributed by atoms with van der Waals surface area (Å²) in [7, 11) is 0. The third kappa shape index (κ3) is 3.45. The molecule has 0 aliphatic rings. The van der Waals surface area contributed by atoms with Crippen LogP contribution in [0, 0.1) is 0 Å². The zero-order valence-electron chi connectivity index (χ0n) is 12.0. The van der Waals surface area contributed by atoms with E-state index in [4.69, 9.17) is 0 Å². The Balaban J connectivity index is 2.17. The van der Waals surface area contributed by atoms with Crippen LogP contribution in [-0.2, 0) is 0 Å². The number of amides is 1. The maximum atomic E-state index is 12.5. The first-order chi connectivity index (χ1) is 9.76. The largest absolute Gasteiger partial charge is 0.338 e. The number of nitrogens with zero attached hydrogens (tertiary/aromatic N) is 2. The van der Waals surface area contributed by atoms with Crippen LogP contribution in [0.25, 0.3) is 10.6 Å². The number of hydrogen-bond acceptors (Lipinski definition) is 3. The normalized spacial score (nSPS) is 10.5. The summed E-state index contributed by atoms with van der Waals surface area (Å²) in [5.41, 5.74) is 1.06. The molecule has 0 N–H and O–H groups in total. The van der Waals surface area contributed by atoms with Crippen LogP contribution in [0.1, 0.15) is 36.4 Å². The molecular formula is C16H20N2OS. The molecule has 0 radical (unpaired) electrons. The molecule has 2 aromatic rings. The molecule has 4 heteroatoms. The van der Waals surface area contributed by atoms with Crippen LogP contribution in [0.15, 0.2) is 36.5 Å². The van der Waals surface area contributed by atoms with Crippen molar-refractivity contribution in [2.75, 3.05) is 13.1 Å². The predicted molar refractivity (Wildman–Crippen MR) is 84.0 cm³/mol. The summed E-state index contributed by atoms with van der Waals surface area (Å²) < 4.78 is 0. The van der Waals surface area contributed by atoms with Gasteiger partial charge >= 0.3 is 0 Å². The van der Waals surface area contributed by atoms with E-state index in [1.807, 2.05) is 35.2 Å². The first-order valence-electron chi connectivity index (χ1n) is 7.06. The van der Waals surface area contributed by atoms with Gasteiger partial charge in [-0.25, -0.2) is 4.98 Å². The first-order valence-corrected chi connectivity index (χ1v) is 7.88. The smallest absolute Gasteiger partial charge is 0.265 e. The molecule has 20 heavy (non-hydrogen) atoms. The fraction of sp³-hybridized carbons (Fsp3) is 0.375. The molecule has 1 aromatic carbocycles. The number of hydrogen-bond donors (Lipinski definition) is 0. The Bertz CT molecular complexity index is 545. The summed E-state index contributed by atoms with van der Waals surface area (Å²) in [6.07, 6.45) is 3.67. The van der Waals surface area contributed by atoms with E-state index in [0.717, 1.165) is 41.4 Å². The maximum Gasteiger partial charge on any atom is 0.265 e. The van der Waals surface area contributed by atoms with Crippen LogP contribution in [0.5, 0.6) is 0 Å². The van der Waals surface area contributed by atoms with Crippen LogP contribution in [0.3, 0.4) is 0 Å². The second-order valence-corrected chi connectivity index (χ2v) is 5.72. The molecule has 0 atom stereocenters. The van der Waals surface area contributed by atoms with E-state index in [9.17, 15) is 4.79 Å². The Kier molecular flexibility index (Phi) is 5.30. The van der Waals surface area contributed by atoms with Crippen LogP contribution >= 0.6 is 11.3 Å². The van der Waals surface area contributed by atoms with Gasteiger partial charge in [-0.3, -0.25) is 4.79 Å². The van der Waals surface area contributed by atoms with Gasteiger partial charge in [-0.15, -0.1) is 11.3 Å². The predicted octanol–water partition coefficient (Wildman–Crippen LogP) is 4.07. The van der Waals surface area contributed by atoms with E-state index < -0.39 is 0 Å². The summed E-state index contributed by atoms with van der Waals surface area (Å²) in [6.45, 7) is 5.81. The highest BCUT2D eigenvalue weighted by atomic mass is 32.1. The van der Waals surface area contributed by atoms with Gasteiger partial charge in [-0.1, -0.05) is 44.2 Å². The number of carbonyl (C=O) groups is 1. The van der Waals surface area contributed by atoms with Crippen molar-refractivity contribution in [3.8, 4) is 10.6 Å². The van der Waals surface area contributed by atoms with Crippen LogP contribution in [0.4, 0.5) is 0 Å². The number of benzene rings is 1. The van der Waals surface area contributed by atoms with Crippen molar-refractivity contribution >= 4 is 17.2 Å². The lowest BCUT2D eigenvalue weighted by molar-refractivity contribution is 0.0760. The molecule has 0 spiro atoms. The quantitative estimate of drug-likeness (QED) is 0.802. The minimum atomic E-state index is 0.105. The Morgan fingerprint density at radius 2 is 1.80 bits per heavy atom. The molecule has 1 amide bonds. The molecule has 0 aliphatic heterocycles. The molecule has 106 valence electrons. The summed E-state index contributed by atoms with van der Waals surface area (Å²) in [5.74, 6) is 0.105. The highest BCUT2D eigenvalue weighted by Gasteiger charge is 2.17. The number of carbonyl (C=O) groups excluding carboxylic acids is 1. The third-order valence-corrected chi connectivity index (χ3v) is 4.05. The Morgan fingerprint density at radius 1 is 1.15 bits per heavy atom. The second-order valence-electron chi connectivity index (χ2n) is 4.69. The molecule has 1 heterocycles. The van der Waals surface area contributed by atoms with E-state index in [1.54, 1.807) is 6.20 Å². The average Bonchev–Trinajstić information content (AvgIpc) is 2.97. The van der Waals surface area contributed by atoms with Crippen molar-refractivity contribution in [3.63, 3.8) is 0 Å². The Labute approximate surface area is 124 Å². The van der Waals surface area contributed by atoms with Crippen molar-refractivity contribution < 1.29 is 4.79 Å². The Morgan fingerprint density at radius 3 is 2.40 bits per heavy atom. The van der Waals surface area contributed by atoms with E-state index in [0.29, 0.717) is 0 Å². The lowest BCUT2D eigenvalue weighted by Gasteiger charge is -2.20. The summed E-state index contributed by atoms with van der Waals surface area (Å²) in [6, 6.07) is 9.98. The molecule has 2 rings (SSSR count). The van der Waals surface area contributed by atoms with Crippen molar-refractivity contribution in [1.82, 2.24) is 9.88 Å². The molecule has 0 bridgehead atoms. The number of rotatable bonds is 6.